The summed E-state index contributed by atoms with van der Waals surface area (Å²) >= 11 is 0. The third kappa shape index (κ3) is 4.89. The number of hydrogen-bond donors (Lipinski definition) is 1. The average molecular weight is 459 g/mol. The van der Waals surface area contributed by atoms with E-state index in [2.05, 4.69) is 6.07 Å². The Kier molecular flexibility index (Phi) is 6.83. The molecule has 3 aromatic carbocycles. The van der Waals surface area contributed by atoms with Gasteiger partial charge in [-0.15, -0.1) is 0 Å². The quantitative estimate of drug-likeness (QED) is 0.499. The van der Waals surface area contributed by atoms with Crippen molar-refractivity contribution in [2.45, 2.75) is 32.2 Å². The van der Waals surface area contributed by atoms with Crippen LogP contribution in [0, 0.1) is 30.0 Å². The normalized spacial score (nSPS) is 17.4. The van der Waals surface area contributed by atoms with Gasteiger partial charge in [0.2, 0.25) is 0 Å². The van der Waals surface area contributed by atoms with Gasteiger partial charge >= 0.3 is 5.97 Å². The minimum absolute atomic E-state index is 0.0185. The first-order valence-electron chi connectivity index (χ1n) is 11.3. The molecule has 1 fully saturated rings. The van der Waals surface area contributed by atoms with Crippen LogP contribution < -0.4 is 9.64 Å². The van der Waals surface area contributed by atoms with E-state index in [0.717, 1.165) is 27.9 Å². The van der Waals surface area contributed by atoms with Crippen molar-refractivity contribution in [3.63, 3.8) is 0 Å². The number of anilines is 1. The Morgan fingerprint density at radius 2 is 1.94 bits per heavy atom. The van der Waals surface area contributed by atoms with E-state index in [-0.39, 0.29) is 24.2 Å². The Morgan fingerprint density at radius 1 is 1.21 bits per heavy atom. The Labute approximate surface area is 199 Å². The highest BCUT2D eigenvalue weighted by molar-refractivity contribution is 5.70. The predicted molar refractivity (Wildman–Crippen MR) is 129 cm³/mol. The lowest BCUT2D eigenvalue weighted by Crippen LogP contribution is -2.31. The molecule has 1 N–H and O–H groups in total. The number of nitrogens with zero attached hydrogens (tertiary/aromatic N) is 2. The molecule has 3 aromatic rings. The molecule has 1 saturated heterocycles. The molecule has 5 nitrogen and oxygen atoms in total. The van der Waals surface area contributed by atoms with Gasteiger partial charge < -0.3 is 14.7 Å². The van der Waals surface area contributed by atoms with E-state index >= 15 is 0 Å². The number of benzene rings is 3. The van der Waals surface area contributed by atoms with Crippen LogP contribution >= 0.6 is 0 Å². The van der Waals surface area contributed by atoms with Gasteiger partial charge in [-0.3, -0.25) is 4.79 Å². The van der Waals surface area contributed by atoms with E-state index in [9.17, 15) is 19.6 Å². The second kappa shape index (κ2) is 9.96. The minimum Gasteiger partial charge on any atom is -0.496 e. The molecule has 0 bridgehead atoms. The number of ether oxygens (including phenoxy) is 1. The van der Waals surface area contributed by atoms with Gasteiger partial charge in [0.25, 0.3) is 0 Å². The van der Waals surface area contributed by atoms with Crippen molar-refractivity contribution in [2.24, 2.45) is 5.92 Å². The third-order valence-corrected chi connectivity index (χ3v) is 6.49. The number of nitriles is 1. The molecule has 1 aliphatic rings. The second-order valence-corrected chi connectivity index (χ2v) is 8.76. The zero-order valence-corrected chi connectivity index (χ0v) is 19.3. The molecular formula is C28H27FN2O3. The summed E-state index contributed by atoms with van der Waals surface area (Å²) in [6.45, 7) is 2.54. The maximum absolute atomic E-state index is 14.3. The maximum Gasteiger partial charge on any atom is 0.305 e. The van der Waals surface area contributed by atoms with Crippen LogP contribution in [0.15, 0.2) is 60.7 Å². The molecule has 0 aliphatic carbocycles. The fourth-order valence-electron chi connectivity index (χ4n) is 4.78. The van der Waals surface area contributed by atoms with E-state index in [1.807, 2.05) is 54.3 Å². The van der Waals surface area contributed by atoms with Crippen molar-refractivity contribution in [2.75, 3.05) is 18.6 Å². The van der Waals surface area contributed by atoms with Gasteiger partial charge in [-0.05, 0) is 54.3 Å². The maximum atomic E-state index is 14.3. The Morgan fingerprint density at radius 3 is 2.59 bits per heavy atom. The fraction of sp³-hybridized carbons (Fsp3) is 0.286. The molecule has 0 radical (unpaired) electrons. The monoisotopic (exact) mass is 458 g/mol. The van der Waals surface area contributed by atoms with Crippen LogP contribution in [0.5, 0.6) is 5.75 Å². The molecule has 4 rings (SSSR count). The molecule has 1 aliphatic heterocycles. The molecule has 0 saturated carbocycles. The number of methoxy groups -OCH3 is 1. The first-order chi connectivity index (χ1) is 16.4. The standard InChI is InChI=1S/C28H27FN2O3/c1-18-11-21(24-5-3-4-6-26(24)29)14-27(34-2)25(18)13-19-7-9-22(10-8-19)31-17-20(16-30)12-23(31)15-28(32)33/h3-11,14,20,23H,12-13,15,17H2,1-2H3,(H,32,33). The number of rotatable bonds is 7. The van der Waals surface area contributed by atoms with Gasteiger partial charge in [-0.1, -0.05) is 36.4 Å². The first-order valence-corrected chi connectivity index (χ1v) is 11.3. The highest BCUT2D eigenvalue weighted by atomic mass is 19.1. The number of carboxylic acids is 1. The zero-order valence-electron chi connectivity index (χ0n) is 19.3. The molecule has 174 valence electrons. The Balaban J connectivity index is 1.57. The van der Waals surface area contributed by atoms with Crippen molar-refractivity contribution in [3.8, 4) is 22.9 Å². The number of halogens is 1. The highest BCUT2D eigenvalue weighted by Gasteiger charge is 2.33. The number of carboxylic acid groups (broad SMARTS) is 1. The number of aryl methyl sites for hydroxylation is 1. The lowest BCUT2D eigenvalue weighted by atomic mass is 9.94. The molecule has 1 heterocycles. The van der Waals surface area contributed by atoms with Crippen LogP contribution in [-0.2, 0) is 11.2 Å². The van der Waals surface area contributed by atoms with E-state index in [1.54, 1.807) is 19.2 Å². The number of carbonyl (C=O) groups is 1. The Hall–Kier alpha value is -3.85. The second-order valence-electron chi connectivity index (χ2n) is 8.76. The smallest absolute Gasteiger partial charge is 0.305 e. The van der Waals surface area contributed by atoms with Gasteiger partial charge in [-0.25, -0.2) is 4.39 Å². The van der Waals surface area contributed by atoms with Crippen LogP contribution in [0.4, 0.5) is 10.1 Å². The topological polar surface area (TPSA) is 73.6 Å². The largest absolute Gasteiger partial charge is 0.496 e. The zero-order chi connectivity index (χ0) is 24.2. The lowest BCUT2D eigenvalue weighted by Gasteiger charge is -2.25. The summed E-state index contributed by atoms with van der Waals surface area (Å²) in [5.74, 6) is -0.579. The average Bonchev–Trinajstić information content (AvgIpc) is 3.23. The van der Waals surface area contributed by atoms with Crippen molar-refractivity contribution in [1.29, 1.82) is 5.26 Å². The summed E-state index contributed by atoms with van der Waals surface area (Å²) in [5, 5.41) is 18.6. The number of hydrogen-bond acceptors (Lipinski definition) is 4. The van der Waals surface area contributed by atoms with Gasteiger partial charge in [0.15, 0.2) is 0 Å². The molecule has 0 spiro atoms. The van der Waals surface area contributed by atoms with Crippen molar-refractivity contribution >= 4 is 11.7 Å². The van der Waals surface area contributed by atoms with Gasteiger partial charge in [0.1, 0.15) is 11.6 Å². The lowest BCUT2D eigenvalue weighted by molar-refractivity contribution is -0.137. The van der Waals surface area contributed by atoms with Crippen molar-refractivity contribution < 1.29 is 19.0 Å². The summed E-state index contributed by atoms with van der Waals surface area (Å²) < 4.78 is 20.0. The molecular weight excluding hydrogens is 431 g/mol. The van der Waals surface area contributed by atoms with Crippen LogP contribution in [-0.4, -0.2) is 30.8 Å². The summed E-state index contributed by atoms with van der Waals surface area (Å²) in [6.07, 6.45) is 1.23. The van der Waals surface area contributed by atoms with Crippen LogP contribution in [0.1, 0.15) is 29.5 Å². The molecule has 0 aromatic heterocycles. The van der Waals surface area contributed by atoms with Crippen LogP contribution in [0.25, 0.3) is 11.1 Å². The van der Waals surface area contributed by atoms with E-state index in [4.69, 9.17) is 4.74 Å². The first kappa shape index (κ1) is 23.3. The summed E-state index contributed by atoms with van der Waals surface area (Å²) in [5.41, 5.74) is 5.36. The minimum atomic E-state index is -0.855. The fourth-order valence-corrected chi connectivity index (χ4v) is 4.78. The van der Waals surface area contributed by atoms with Gasteiger partial charge in [0.05, 0.1) is 25.5 Å². The van der Waals surface area contributed by atoms with E-state index < -0.39 is 5.97 Å². The third-order valence-electron chi connectivity index (χ3n) is 6.49. The number of aliphatic carboxylic acids is 1. The molecule has 6 heteroatoms. The molecule has 0 amide bonds. The van der Waals surface area contributed by atoms with E-state index in [0.29, 0.717) is 30.7 Å². The summed E-state index contributed by atoms with van der Waals surface area (Å²) in [6, 6.07) is 20.7. The molecule has 34 heavy (non-hydrogen) atoms. The highest BCUT2D eigenvalue weighted by Crippen LogP contribution is 2.34. The molecule has 2 unspecified atom stereocenters. The van der Waals surface area contributed by atoms with Crippen molar-refractivity contribution in [1.82, 2.24) is 0 Å². The Bertz CT molecular complexity index is 1230. The van der Waals surface area contributed by atoms with Gasteiger partial charge in [0, 0.05) is 35.8 Å². The van der Waals surface area contributed by atoms with E-state index in [1.165, 1.54) is 6.07 Å². The SMILES string of the molecule is COc1cc(-c2ccccc2F)cc(C)c1Cc1ccc(N2CC(C#N)CC2CC(=O)O)cc1. The summed E-state index contributed by atoms with van der Waals surface area (Å²) in [7, 11) is 1.62. The predicted octanol–water partition coefficient (Wildman–Crippen LogP) is 5.59. The van der Waals surface area contributed by atoms with Crippen LogP contribution in [0.2, 0.25) is 0 Å². The summed E-state index contributed by atoms with van der Waals surface area (Å²) in [4.78, 5) is 13.3. The molecule has 2 atom stereocenters. The van der Waals surface area contributed by atoms with Crippen molar-refractivity contribution in [3.05, 3.63) is 83.2 Å². The van der Waals surface area contributed by atoms with Gasteiger partial charge in [-0.2, -0.15) is 5.26 Å². The van der Waals surface area contributed by atoms with Crippen LogP contribution in [0.3, 0.4) is 0 Å².